The first kappa shape index (κ1) is 103. The van der Waals surface area contributed by atoms with Gasteiger partial charge in [0.2, 0.25) is 53.2 Å². The third-order valence-corrected chi connectivity index (χ3v) is 19.4. The molecule has 0 bridgehead atoms. The molecule has 3 rings (SSSR count). The van der Waals surface area contributed by atoms with Gasteiger partial charge >= 0.3 is 0 Å². The maximum absolute atomic E-state index is 14.0. The van der Waals surface area contributed by atoms with Crippen LogP contribution in [-0.2, 0) is 90.6 Å². The fraction of sp³-hybridized carbons (Fsp3) is 0.870. The van der Waals surface area contributed by atoms with Gasteiger partial charge in [0.15, 0.2) is 18.9 Å². The normalized spacial score (nSPS) is 24.0. The van der Waals surface area contributed by atoms with E-state index in [1.807, 2.05) is 20.8 Å². The van der Waals surface area contributed by atoms with Crippen molar-refractivity contribution in [2.24, 2.45) is 5.41 Å². The molecule has 0 aromatic rings. The minimum Gasteiger partial charge on any atom is -0.394 e. The lowest BCUT2D eigenvalue weighted by atomic mass is 9.88. The van der Waals surface area contributed by atoms with E-state index in [0.717, 1.165) is 44.9 Å². The molecule has 0 aliphatic carbocycles. The lowest BCUT2D eigenvalue weighted by Gasteiger charge is -2.42. The zero-order valence-electron chi connectivity index (χ0n) is 68.6. The van der Waals surface area contributed by atoms with Gasteiger partial charge in [-0.25, -0.2) is 0 Å². The largest absolute Gasteiger partial charge is 0.394 e. The number of amides is 9. The Bertz CT molecular complexity index is 2680. The second-order valence-electron chi connectivity index (χ2n) is 30.7. The molecule has 115 heavy (non-hydrogen) atoms. The summed E-state index contributed by atoms with van der Waals surface area (Å²) >= 11 is 0. The lowest BCUT2D eigenvalue weighted by Crippen LogP contribution is -2.64. The number of aliphatic hydroxyl groups excluding tert-OH is 9. The van der Waals surface area contributed by atoms with Crippen LogP contribution in [0.25, 0.3) is 0 Å². The quantitative estimate of drug-likeness (QED) is 0.0276. The molecule has 0 spiro atoms. The highest BCUT2D eigenvalue weighted by Crippen LogP contribution is 2.27. The van der Waals surface area contributed by atoms with Crippen LogP contribution in [0.15, 0.2) is 0 Å². The summed E-state index contributed by atoms with van der Waals surface area (Å²) in [6.07, 6.45) is -2.53. The van der Waals surface area contributed by atoms with Gasteiger partial charge < -0.3 is 142 Å². The Morgan fingerprint density at radius 3 is 0.939 bits per heavy atom. The highest BCUT2D eigenvalue weighted by molar-refractivity contribution is 5.83. The summed E-state index contributed by atoms with van der Waals surface area (Å²) in [7, 11) is 0. The van der Waals surface area contributed by atoms with Crippen molar-refractivity contribution in [3.05, 3.63) is 0 Å². The van der Waals surface area contributed by atoms with Crippen LogP contribution in [-0.4, -0.2) is 327 Å². The number of hydrogen-bond acceptors (Lipinski definition) is 29. The first-order valence-corrected chi connectivity index (χ1v) is 41.1. The van der Waals surface area contributed by atoms with Gasteiger partial charge in [-0.3, -0.25) is 47.9 Å². The molecule has 38 heteroatoms. The monoisotopic (exact) mass is 1650 g/mol. The number of nitrogens with one attached hydrogen (secondary N) is 10. The molecule has 9 amide bonds. The minimum absolute atomic E-state index is 0.0565. The maximum atomic E-state index is 14.0. The van der Waals surface area contributed by atoms with Crippen molar-refractivity contribution in [3.63, 3.8) is 0 Å². The fourth-order valence-corrected chi connectivity index (χ4v) is 12.7. The van der Waals surface area contributed by atoms with Gasteiger partial charge in [0.1, 0.15) is 84.4 Å². The Labute approximate surface area is 676 Å². The summed E-state index contributed by atoms with van der Waals surface area (Å²) in [4.78, 5) is 126. The molecular weight excluding hydrogens is 1510 g/mol. The second kappa shape index (κ2) is 59.7. The van der Waals surface area contributed by atoms with E-state index in [4.69, 9.17) is 42.6 Å². The number of ketones is 1. The van der Waals surface area contributed by atoms with Crippen LogP contribution in [0, 0.1) is 5.41 Å². The van der Waals surface area contributed by atoms with Crippen LogP contribution in [0.3, 0.4) is 0 Å². The molecule has 9 unspecified atom stereocenters. The molecule has 666 valence electrons. The van der Waals surface area contributed by atoms with Crippen LogP contribution in [0.2, 0.25) is 0 Å². The summed E-state index contributed by atoms with van der Waals surface area (Å²) < 4.78 is 52.5. The van der Waals surface area contributed by atoms with Crippen LogP contribution in [0.5, 0.6) is 0 Å². The SMILES string of the molecule is CC(=O)NC1C(O)[C@H](O)C(CO)O[C@H]1OCCCCC(=O)NCCCNCCCOCC(COCCC(=O)NCCCNC(=O)CCCCO[C@@H]1OC(CO)[C@@H](O)C(O)C1NC(C)=O)(COCCC(=O)NCCCNC(=O)CCCCO[C@@H]1OC(CO)[C@@H](O)C(O)C1NC(C)=O)NC(=O)CCCCCCCCCCC(=O)C(C)(C)C. The van der Waals surface area contributed by atoms with Gasteiger partial charge in [0.05, 0.1) is 52.9 Å². The molecule has 0 radical (unpaired) electrons. The Balaban J connectivity index is 1.55. The Hall–Kier alpha value is -5.86. The fourth-order valence-electron chi connectivity index (χ4n) is 12.7. The number of carbonyl (C=O) groups is 10. The molecule has 19 N–H and O–H groups in total. The minimum atomic E-state index is -1.45. The van der Waals surface area contributed by atoms with Crippen molar-refractivity contribution >= 4 is 58.9 Å². The standard InChI is InChI=1S/C77H140N10O28/c1-51(91)84-64-70(104)67(101)54(45-88)113-73(64)110-40-18-15-26-58(95)79-34-21-32-78-33-24-39-107-48-77(87-63(100)29-14-12-10-8-7-9-11-13-25-57(94)76(4,5)6,49-108-43-30-61(98)82-37-22-35-80-59(96)27-16-19-41-111-74-65(85-52(2)92)71(105)68(102)55(46-89)114-74)50-109-44-31-62(99)83-38-23-36-81-60(97)28-17-20-42-112-75-66(86-53(3)93)72(106)69(103)56(47-90)115-75/h54-56,64-75,78,88-90,101-106H,7-50H2,1-6H3,(H,79,95)(H,80,96)(H,81,97)(H,82,98)(H,83,99)(H,84,91)(H,85,92)(H,86,93)(H,87,100)/t54?,55?,56?,64?,65?,66?,67-,68-,69-,70?,71?,72?,73-,74-,75-,77?/m1/s1. The van der Waals surface area contributed by atoms with Crippen LogP contribution < -0.4 is 53.2 Å². The van der Waals surface area contributed by atoms with Crippen molar-refractivity contribution in [1.82, 2.24) is 53.2 Å². The maximum Gasteiger partial charge on any atom is 0.222 e. The van der Waals surface area contributed by atoms with E-state index >= 15 is 0 Å². The van der Waals surface area contributed by atoms with E-state index in [9.17, 15) is 93.9 Å². The molecule has 3 aliphatic heterocycles. The molecule has 3 aliphatic rings. The van der Waals surface area contributed by atoms with Crippen molar-refractivity contribution in [2.45, 2.75) is 300 Å². The molecule has 3 heterocycles. The zero-order chi connectivity index (χ0) is 85.0. The van der Waals surface area contributed by atoms with Gasteiger partial charge in [-0.15, -0.1) is 0 Å². The molecule has 15 atom stereocenters. The van der Waals surface area contributed by atoms with Gasteiger partial charge in [-0.1, -0.05) is 59.3 Å². The number of aliphatic hydroxyl groups is 9. The van der Waals surface area contributed by atoms with E-state index in [1.165, 1.54) is 20.8 Å². The summed E-state index contributed by atoms with van der Waals surface area (Å²) in [6, 6.07) is -3.24. The molecule has 3 saturated heterocycles. The van der Waals surface area contributed by atoms with Crippen molar-refractivity contribution in [3.8, 4) is 0 Å². The highest BCUT2D eigenvalue weighted by atomic mass is 16.7. The number of unbranched alkanes of at least 4 members (excludes halogenated alkanes) is 10. The average Bonchev–Trinajstić information content (AvgIpc) is 0.838. The van der Waals surface area contributed by atoms with E-state index in [0.29, 0.717) is 96.7 Å². The predicted octanol–water partition coefficient (Wildman–Crippen LogP) is -2.69. The molecule has 0 aromatic carbocycles. The van der Waals surface area contributed by atoms with E-state index in [1.54, 1.807) is 0 Å². The predicted molar refractivity (Wildman–Crippen MR) is 415 cm³/mol. The third kappa shape index (κ3) is 44.1. The number of ether oxygens (including phenoxy) is 9. The molecule has 3 fully saturated rings. The molecular formula is C77H140N10O28. The van der Waals surface area contributed by atoms with Crippen molar-refractivity contribution in [2.75, 3.05) is 125 Å². The van der Waals surface area contributed by atoms with Crippen molar-refractivity contribution in [1.29, 1.82) is 0 Å². The topological polar surface area (TPSA) is 556 Å². The van der Waals surface area contributed by atoms with Gasteiger partial charge in [0.25, 0.3) is 0 Å². The summed E-state index contributed by atoms with van der Waals surface area (Å²) in [6.45, 7) is 10.4. The van der Waals surface area contributed by atoms with Gasteiger partial charge in [0, 0.05) is 130 Å². The second-order valence-corrected chi connectivity index (χ2v) is 30.7. The molecule has 0 saturated carbocycles. The number of Topliss-reactive ketones (excluding diaryl/α,β-unsaturated/α-hetero) is 1. The van der Waals surface area contributed by atoms with E-state index in [2.05, 4.69) is 53.2 Å². The van der Waals surface area contributed by atoms with Crippen LogP contribution in [0.4, 0.5) is 0 Å². The molecule has 0 aromatic heterocycles. The Kier molecular flexibility index (Phi) is 53.7. The summed E-state index contributed by atoms with van der Waals surface area (Å²) in [5.41, 5.74) is -1.64. The first-order valence-electron chi connectivity index (χ1n) is 41.1. The van der Waals surface area contributed by atoms with Crippen LogP contribution in [0.1, 0.15) is 202 Å². The smallest absolute Gasteiger partial charge is 0.222 e. The summed E-state index contributed by atoms with van der Waals surface area (Å²) in [5.74, 6) is -2.74. The van der Waals surface area contributed by atoms with Crippen molar-refractivity contribution < 1.29 is 137 Å². The third-order valence-electron chi connectivity index (χ3n) is 19.4. The van der Waals surface area contributed by atoms with Crippen LogP contribution >= 0.6 is 0 Å². The zero-order valence-corrected chi connectivity index (χ0v) is 68.6. The first-order chi connectivity index (χ1) is 54.9. The Morgan fingerprint density at radius 1 is 0.322 bits per heavy atom. The summed E-state index contributed by atoms with van der Waals surface area (Å²) in [5, 5.41) is 119. The van der Waals surface area contributed by atoms with E-state index in [-0.39, 0.29) is 171 Å². The number of carbonyl (C=O) groups excluding carboxylic acids is 10. The van der Waals surface area contributed by atoms with Gasteiger partial charge in [-0.2, -0.15) is 0 Å². The van der Waals surface area contributed by atoms with E-state index < -0.39 is 135 Å². The average molecular weight is 1650 g/mol. The Morgan fingerprint density at radius 2 is 0.609 bits per heavy atom. The lowest BCUT2D eigenvalue weighted by molar-refractivity contribution is -0.270. The molecule has 38 nitrogen and oxygen atoms in total. The number of hydrogen-bond donors (Lipinski definition) is 19. The highest BCUT2D eigenvalue weighted by Gasteiger charge is 2.48. The number of rotatable bonds is 64. The van der Waals surface area contributed by atoms with Gasteiger partial charge in [-0.05, 0) is 90.1 Å².